The number of aromatic nitrogens is 2. The SMILES string of the molecule is O=C(Nc1cccc(-c2cn3ccsc3n2)c1)Nc1cccs1. The molecular weight excluding hydrogens is 328 g/mol. The van der Waals surface area contributed by atoms with Gasteiger partial charge in [0.15, 0.2) is 4.96 Å². The van der Waals surface area contributed by atoms with Gasteiger partial charge in [-0.1, -0.05) is 12.1 Å². The molecule has 0 bridgehead atoms. The lowest BCUT2D eigenvalue weighted by molar-refractivity contribution is 0.262. The van der Waals surface area contributed by atoms with Crippen LogP contribution < -0.4 is 10.6 Å². The number of fused-ring (bicyclic) bond motifs is 1. The Morgan fingerprint density at radius 3 is 2.87 bits per heavy atom. The molecule has 3 aromatic heterocycles. The van der Waals surface area contributed by atoms with Gasteiger partial charge >= 0.3 is 6.03 Å². The van der Waals surface area contributed by atoms with Gasteiger partial charge in [-0.05, 0) is 29.6 Å². The minimum atomic E-state index is -0.254. The van der Waals surface area contributed by atoms with Gasteiger partial charge in [0.2, 0.25) is 0 Å². The molecule has 0 atom stereocenters. The van der Waals surface area contributed by atoms with Crippen molar-refractivity contribution in [1.29, 1.82) is 0 Å². The Bertz CT molecular complexity index is 927. The molecular formula is C16H12N4OS2. The third-order valence-electron chi connectivity index (χ3n) is 3.27. The van der Waals surface area contributed by atoms with Gasteiger partial charge in [-0.25, -0.2) is 9.78 Å². The Balaban J connectivity index is 1.54. The van der Waals surface area contributed by atoms with Crippen LogP contribution in [0.1, 0.15) is 0 Å². The van der Waals surface area contributed by atoms with Crippen molar-refractivity contribution in [1.82, 2.24) is 9.38 Å². The molecule has 0 saturated heterocycles. The molecule has 2 amide bonds. The van der Waals surface area contributed by atoms with Crippen molar-refractivity contribution in [2.45, 2.75) is 0 Å². The molecule has 0 spiro atoms. The van der Waals surface area contributed by atoms with E-state index in [-0.39, 0.29) is 6.03 Å². The van der Waals surface area contributed by atoms with E-state index in [1.165, 1.54) is 11.3 Å². The summed E-state index contributed by atoms with van der Waals surface area (Å²) < 4.78 is 1.99. The Kier molecular flexibility index (Phi) is 3.57. The molecule has 3 heterocycles. The lowest BCUT2D eigenvalue weighted by Crippen LogP contribution is -2.18. The van der Waals surface area contributed by atoms with E-state index in [0.29, 0.717) is 0 Å². The number of thiophene rings is 1. The van der Waals surface area contributed by atoms with Crippen molar-refractivity contribution in [3.8, 4) is 11.3 Å². The topological polar surface area (TPSA) is 58.4 Å². The molecule has 0 aliphatic carbocycles. The number of rotatable bonds is 3. The zero-order valence-corrected chi connectivity index (χ0v) is 13.5. The van der Waals surface area contributed by atoms with Crippen LogP contribution in [0.3, 0.4) is 0 Å². The lowest BCUT2D eigenvalue weighted by atomic mass is 10.1. The first-order valence-corrected chi connectivity index (χ1v) is 8.68. The van der Waals surface area contributed by atoms with Crippen molar-refractivity contribution >= 4 is 44.4 Å². The normalized spacial score (nSPS) is 10.8. The van der Waals surface area contributed by atoms with Crippen LogP contribution in [0.25, 0.3) is 16.2 Å². The fourth-order valence-corrected chi connectivity index (χ4v) is 3.56. The van der Waals surface area contributed by atoms with Crippen LogP contribution in [0.15, 0.2) is 59.6 Å². The average molecular weight is 340 g/mol. The van der Waals surface area contributed by atoms with Crippen molar-refractivity contribution in [3.63, 3.8) is 0 Å². The van der Waals surface area contributed by atoms with Crippen molar-refractivity contribution < 1.29 is 4.79 Å². The van der Waals surface area contributed by atoms with Crippen LogP contribution in [-0.2, 0) is 0 Å². The first-order valence-electron chi connectivity index (χ1n) is 6.92. The fourth-order valence-electron chi connectivity index (χ4n) is 2.25. The summed E-state index contributed by atoms with van der Waals surface area (Å²) in [6, 6.07) is 11.2. The summed E-state index contributed by atoms with van der Waals surface area (Å²) in [5.74, 6) is 0. The predicted molar refractivity (Wildman–Crippen MR) is 95.5 cm³/mol. The van der Waals surface area contributed by atoms with Crippen LogP contribution in [0, 0.1) is 0 Å². The molecule has 4 aromatic rings. The largest absolute Gasteiger partial charge is 0.324 e. The van der Waals surface area contributed by atoms with Gasteiger partial charge < -0.3 is 5.32 Å². The van der Waals surface area contributed by atoms with Crippen LogP contribution in [0.4, 0.5) is 15.5 Å². The molecule has 0 unspecified atom stereocenters. The summed E-state index contributed by atoms with van der Waals surface area (Å²) in [5, 5.41) is 10.4. The number of imidazole rings is 1. The number of carbonyl (C=O) groups is 1. The van der Waals surface area contributed by atoms with Crippen LogP contribution >= 0.6 is 22.7 Å². The number of nitrogens with zero attached hydrogens (tertiary/aromatic N) is 2. The third kappa shape index (κ3) is 2.96. The van der Waals surface area contributed by atoms with E-state index < -0.39 is 0 Å². The van der Waals surface area contributed by atoms with Gasteiger partial charge in [0, 0.05) is 29.0 Å². The smallest absolute Gasteiger partial charge is 0.308 e. The van der Waals surface area contributed by atoms with Crippen molar-refractivity contribution in [2.75, 3.05) is 10.6 Å². The van der Waals surface area contributed by atoms with Gasteiger partial charge in [0.05, 0.1) is 10.7 Å². The Hall–Kier alpha value is -2.64. The van der Waals surface area contributed by atoms with Crippen LogP contribution in [0.2, 0.25) is 0 Å². The highest BCUT2D eigenvalue weighted by molar-refractivity contribution is 7.15. The zero-order chi connectivity index (χ0) is 15.6. The fraction of sp³-hybridized carbons (Fsp3) is 0. The number of hydrogen-bond acceptors (Lipinski definition) is 4. The average Bonchev–Trinajstić information content (AvgIpc) is 3.23. The summed E-state index contributed by atoms with van der Waals surface area (Å²) in [5.41, 5.74) is 2.59. The van der Waals surface area contributed by atoms with E-state index >= 15 is 0 Å². The maximum atomic E-state index is 12.0. The van der Waals surface area contributed by atoms with E-state index in [4.69, 9.17) is 0 Å². The van der Waals surface area contributed by atoms with E-state index in [2.05, 4.69) is 15.6 Å². The predicted octanol–water partition coefficient (Wildman–Crippen LogP) is 4.77. The molecule has 0 aliphatic rings. The first kappa shape index (κ1) is 14.0. The molecule has 114 valence electrons. The molecule has 23 heavy (non-hydrogen) atoms. The molecule has 7 heteroatoms. The standard InChI is InChI=1S/C16H12N4OS2/c21-15(19-14-5-2-7-22-14)17-12-4-1-3-11(9-12)13-10-20-6-8-23-16(20)18-13/h1-10H,(H2,17,19,21). The Morgan fingerprint density at radius 2 is 2.04 bits per heavy atom. The maximum Gasteiger partial charge on any atom is 0.324 e. The number of hydrogen-bond donors (Lipinski definition) is 2. The number of anilines is 2. The van der Waals surface area contributed by atoms with Crippen LogP contribution in [-0.4, -0.2) is 15.4 Å². The molecule has 0 radical (unpaired) electrons. The molecule has 4 rings (SSSR count). The number of benzene rings is 1. The monoisotopic (exact) mass is 340 g/mol. The third-order valence-corrected chi connectivity index (χ3v) is 4.82. The number of nitrogens with one attached hydrogen (secondary N) is 2. The summed E-state index contributed by atoms with van der Waals surface area (Å²) >= 11 is 3.07. The highest BCUT2D eigenvalue weighted by Crippen LogP contribution is 2.24. The first-order chi connectivity index (χ1) is 11.3. The van der Waals surface area contributed by atoms with Gasteiger partial charge in [0.25, 0.3) is 0 Å². The number of thiazole rings is 1. The second kappa shape index (κ2) is 5.86. The minimum Gasteiger partial charge on any atom is -0.308 e. The van der Waals surface area contributed by atoms with E-state index in [9.17, 15) is 4.79 Å². The highest BCUT2D eigenvalue weighted by Gasteiger charge is 2.08. The summed E-state index contributed by atoms with van der Waals surface area (Å²) in [7, 11) is 0. The van der Waals surface area contributed by atoms with E-state index in [0.717, 1.165) is 26.9 Å². The summed E-state index contributed by atoms with van der Waals surface area (Å²) in [6.45, 7) is 0. The highest BCUT2D eigenvalue weighted by atomic mass is 32.1. The molecule has 2 N–H and O–H groups in total. The zero-order valence-electron chi connectivity index (χ0n) is 11.9. The molecule has 0 fully saturated rings. The van der Waals surface area contributed by atoms with E-state index in [1.807, 2.05) is 64.0 Å². The quantitative estimate of drug-likeness (QED) is 0.564. The number of carbonyl (C=O) groups excluding carboxylic acids is 1. The Labute approximate surface area is 140 Å². The van der Waals surface area contributed by atoms with Gasteiger partial charge in [-0.3, -0.25) is 9.72 Å². The van der Waals surface area contributed by atoms with Gasteiger partial charge in [-0.2, -0.15) is 0 Å². The van der Waals surface area contributed by atoms with Crippen molar-refractivity contribution in [2.24, 2.45) is 0 Å². The molecule has 0 aliphatic heterocycles. The number of urea groups is 1. The summed E-state index contributed by atoms with van der Waals surface area (Å²) in [6.07, 6.45) is 3.96. The number of amides is 2. The second-order valence-electron chi connectivity index (χ2n) is 4.86. The molecule has 0 saturated carbocycles. The Morgan fingerprint density at radius 1 is 1.09 bits per heavy atom. The van der Waals surface area contributed by atoms with Gasteiger partial charge in [0.1, 0.15) is 0 Å². The molecule has 1 aromatic carbocycles. The van der Waals surface area contributed by atoms with Crippen molar-refractivity contribution in [3.05, 3.63) is 59.6 Å². The minimum absolute atomic E-state index is 0.254. The molecule has 5 nitrogen and oxygen atoms in total. The summed E-state index contributed by atoms with van der Waals surface area (Å²) in [4.78, 5) is 17.5. The van der Waals surface area contributed by atoms with Gasteiger partial charge in [-0.15, -0.1) is 22.7 Å². The maximum absolute atomic E-state index is 12.0. The lowest BCUT2D eigenvalue weighted by Gasteiger charge is -2.07. The van der Waals surface area contributed by atoms with Crippen LogP contribution in [0.5, 0.6) is 0 Å². The van der Waals surface area contributed by atoms with E-state index in [1.54, 1.807) is 11.3 Å². The second-order valence-corrected chi connectivity index (χ2v) is 6.68.